The molecule has 1 aromatic carbocycles. The van der Waals surface area contributed by atoms with Crippen LogP contribution >= 0.6 is 0 Å². The molecule has 0 amide bonds. The van der Waals surface area contributed by atoms with Crippen LogP contribution in [0.1, 0.15) is 33.6 Å². The molecular formula is C17H28N4. The zero-order valence-corrected chi connectivity index (χ0v) is 13.6. The summed E-state index contributed by atoms with van der Waals surface area (Å²) in [5.41, 5.74) is 1.23. The van der Waals surface area contributed by atoms with Crippen LogP contribution in [0.15, 0.2) is 24.3 Å². The Labute approximate surface area is 128 Å². The van der Waals surface area contributed by atoms with E-state index in [1.54, 1.807) is 0 Å². The summed E-state index contributed by atoms with van der Waals surface area (Å²) < 4.78 is 2.15. The van der Waals surface area contributed by atoms with Crippen LogP contribution in [0, 0.1) is 0 Å². The van der Waals surface area contributed by atoms with Crippen molar-refractivity contribution in [3.63, 3.8) is 0 Å². The smallest absolute Gasteiger partial charge is 0.155 e. The van der Waals surface area contributed by atoms with Crippen LogP contribution in [-0.4, -0.2) is 40.9 Å². The van der Waals surface area contributed by atoms with E-state index in [2.05, 4.69) is 59.9 Å². The molecule has 0 spiro atoms. The number of anilines is 1. The molecular weight excluding hydrogens is 260 g/mol. The van der Waals surface area contributed by atoms with E-state index in [9.17, 15) is 0 Å². The normalized spacial score (nSPS) is 11.4. The van der Waals surface area contributed by atoms with Crippen LogP contribution in [0.5, 0.6) is 0 Å². The van der Waals surface area contributed by atoms with E-state index in [1.807, 2.05) is 0 Å². The zero-order valence-electron chi connectivity index (χ0n) is 13.6. The fourth-order valence-electron chi connectivity index (χ4n) is 2.66. The summed E-state index contributed by atoms with van der Waals surface area (Å²) in [6.45, 7) is 12.0. The number of rotatable bonds is 9. The second-order valence-corrected chi connectivity index (χ2v) is 5.40. The summed E-state index contributed by atoms with van der Waals surface area (Å²) in [6, 6.07) is 8.49. The quantitative estimate of drug-likeness (QED) is 0.765. The molecule has 0 saturated heterocycles. The van der Waals surface area contributed by atoms with E-state index in [-0.39, 0.29) is 0 Å². The largest absolute Gasteiger partial charge is 0.368 e. The second kappa shape index (κ2) is 8.03. The number of hydrogen-bond donors (Lipinski definition) is 1. The predicted octanol–water partition coefficient (Wildman–Crippen LogP) is 3.59. The SMILES string of the molecule is CCCNc1nn(CCCN(CC)CC)c2ccccc12. The minimum absolute atomic E-state index is 0.973. The van der Waals surface area contributed by atoms with Gasteiger partial charge in [-0.05, 0) is 44.6 Å². The van der Waals surface area contributed by atoms with Crippen molar-refractivity contribution in [1.29, 1.82) is 0 Å². The van der Waals surface area contributed by atoms with Crippen LogP contribution < -0.4 is 5.32 Å². The van der Waals surface area contributed by atoms with Crippen molar-refractivity contribution >= 4 is 16.7 Å². The third-order valence-electron chi connectivity index (χ3n) is 3.94. The van der Waals surface area contributed by atoms with Gasteiger partial charge in [-0.1, -0.05) is 32.9 Å². The fraction of sp³-hybridized carbons (Fsp3) is 0.588. The minimum Gasteiger partial charge on any atom is -0.368 e. The Balaban J connectivity index is 2.08. The lowest BCUT2D eigenvalue weighted by molar-refractivity contribution is 0.292. The van der Waals surface area contributed by atoms with Crippen molar-refractivity contribution in [3.8, 4) is 0 Å². The minimum atomic E-state index is 0.973. The number of fused-ring (bicyclic) bond motifs is 1. The molecule has 116 valence electrons. The maximum Gasteiger partial charge on any atom is 0.155 e. The molecule has 1 heterocycles. The van der Waals surface area contributed by atoms with Crippen molar-refractivity contribution in [2.24, 2.45) is 0 Å². The third-order valence-corrected chi connectivity index (χ3v) is 3.94. The standard InChI is InChI=1S/C17H28N4/c1-4-12-18-17-15-10-7-8-11-16(15)21(19-17)14-9-13-20(5-2)6-3/h7-8,10-11H,4-6,9,12-14H2,1-3H3,(H,18,19). The van der Waals surface area contributed by atoms with Gasteiger partial charge in [-0.25, -0.2) is 0 Å². The molecule has 0 fully saturated rings. The lowest BCUT2D eigenvalue weighted by Crippen LogP contribution is -2.25. The van der Waals surface area contributed by atoms with E-state index in [0.717, 1.165) is 51.4 Å². The highest BCUT2D eigenvalue weighted by Gasteiger charge is 2.09. The Morgan fingerprint density at radius 3 is 2.62 bits per heavy atom. The summed E-state index contributed by atoms with van der Waals surface area (Å²) in [7, 11) is 0. The molecule has 4 heteroatoms. The highest BCUT2D eigenvalue weighted by Crippen LogP contribution is 2.22. The Morgan fingerprint density at radius 2 is 1.90 bits per heavy atom. The molecule has 0 bridgehead atoms. The fourth-order valence-corrected chi connectivity index (χ4v) is 2.66. The Hall–Kier alpha value is -1.55. The van der Waals surface area contributed by atoms with Gasteiger partial charge in [0.05, 0.1) is 5.52 Å². The van der Waals surface area contributed by atoms with E-state index in [4.69, 9.17) is 5.10 Å². The van der Waals surface area contributed by atoms with E-state index in [1.165, 1.54) is 10.9 Å². The van der Waals surface area contributed by atoms with Crippen molar-refractivity contribution in [3.05, 3.63) is 24.3 Å². The second-order valence-electron chi connectivity index (χ2n) is 5.40. The molecule has 0 aliphatic rings. The van der Waals surface area contributed by atoms with Gasteiger partial charge in [0, 0.05) is 18.5 Å². The molecule has 2 rings (SSSR count). The van der Waals surface area contributed by atoms with Crippen LogP contribution in [0.4, 0.5) is 5.82 Å². The van der Waals surface area contributed by atoms with Gasteiger partial charge in [0.15, 0.2) is 5.82 Å². The van der Waals surface area contributed by atoms with Gasteiger partial charge in [-0.2, -0.15) is 5.10 Å². The first kappa shape index (κ1) is 15.8. The maximum atomic E-state index is 4.76. The molecule has 0 unspecified atom stereocenters. The summed E-state index contributed by atoms with van der Waals surface area (Å²) >= 11 is 0. The van der Waals surface area contributed by atoms with Gasteiger partial charge in [0.2, 0.25) is 0 Å². The molecule has 4 nitrogen and oxygen atoms in total. The first-order chi connectivity index (χ1) is 10.3. The molecule has 0 radical (unpaired) electrons. The number of hydrogen-bond acceptors (Lipinski definition) is 3. The van der Waals surface area contributed by atoms with Crippen LogP contribution in [0.25, 0.3) is 10.9 Å². The lowest BCUT2D eigenvalue weighted by Gasteiger charge is -2.17. The van der Waals surface area contributed by atoms with Gasteiger partial charge in [-0.15, -0.1) is 0 Å². The van der Waals surface area contributed by atoms with Gasteiger partial charge in [-0.3, -0.25) is 4.68 Å². The maximum absolute atomic E-state index is 4.76. The molecule has 0 aliphatic heterocycles. The van der Waals surface area contributed by atoms with Crippen molar-refractivity contribution in [2.75, 3.05) is 31.5 Å². The molecule has 2 aromatic rings. The first-order valence-corrected chi connectivity index (χ1v) is 8.21. The summed E-state index contributed by atoms with van der Waals surface area (Å²) in [5.74, 6) is 1.02. The van der Waals surface area contributed by atoms with E-state index < -0.39 is 0 Å². The average molecular weight is 288 g/mol. The number of benzene rings is 1. The van der Waals surface area contributed by atoms with Crippen LogP contribution in [-0.2, 0) is 6.54 Å². The molecule has 1 N–H and O–H groups in total. The lowest BCUT2D eigenvalue weighted by atomic mass is 10.2. The zero-order chi connectivity index (χ0) is 15.1. The highest BCUT2D eigenvalue weighted by molar-refractivity contribution is 5.90. The predicted molar refractivity (Wildman–Crippen MR) is 90.9 cm³/mol. The van der Waals surface area contributed by atoms with Gasteiger partial charge >= 0.3 is 0 Å². The topological polar surface area (TPSA) is 33.1 Å². The van der Waals surface area contributed by atoms with Gasteiger partial charge in [0.25, 0.3) is 0 Å². The van der Waals surface area contributed by atoms with Crippen LogP contribution in [0.2, 0.25) is 0 Å². The number of nitrogens with one attached hydrogen (secondary N) is 1. The van der Waals surface area contributed by atoms with E-state index >= 15 is 0 Å². The average Bonchev–Trinajstić information content (AvgIpc) is 2.88. The number of para-hydroxylation sites is 1. The number of aromatic nitrogens is 2. The number of aryl methyl sites for hydroxylation is 1. The summed E-state index contributed by atoms with van der Waals surface area (Å²) in [4.78, 5) is 2.46. The Bertz CT molecular complexity index is 543. The van der Waals surface area contributed by atoms with Gasteiger partial charge in [0.1, 0.15) is 0 Å². The number of nitrogens with zero attached hydrogens (tertiary/aromatic N) is 3. The summed E-state index contributed by atoms with van der Waals surface area (Å²) in [6.07, 6.45) is 2.25. The Morgan fingerprint density at radius 1 is 1.14 bits per heavy atom. The van der Waals surface area contributed by atoms with Gasteiger partial charge < -0.3 is 10.2 Å². The van der Waals surface area contributed by atoms with Crippen molar-refractivity contribution in [2.45, 2.75) is 40.2 Å². The summed E-state index contributed by atoms with van der Waals surface area (Å²) in [5, 5.41) is 9.43. The van der Waals surface area contributed by atoms with Crippen molar-refractivity contribution < 1.29 is 0 Å². The highest BCUT2D eigenvalue weighted by atomic mass is 15.3. The third kappa shape index (κ3) is 3.97. The monoisotopic (exact) mass is 288 g/mol. The molecule has 0 aliphatic carbocycles. The van der Waals surface area contributed by atoms with E-state index in [0.29, 0.717) is 0 Å². The molecule has 0 saturated carbocycles. The molecule has 0 atom stereocenters. The van der Waals surface area contributed by atoms with Crippen molar-refractivity contribution in [1.82, 2.24) is 14.7 Å². The van der Waals surface area contributed by atoms with Crippen LogP contribution in [0.3, 0.4) is 0 Å². The molecule has 21 heavy (non-hydrogen) atoms. The molecule has 1 aromatic heterocycles. The first-order valence-electron chi connectivity index (χ1n) is 8.21. The Kier molecular flexibility index (Phi) is 6.05.